The van der Waals surface area contributed by atoms with Crippen LogP contribution in [-0.4, -0.2) is 16.3 Å². The molecule has 1 aromatic heterocycles. The zero-order valence-corrected chi connectivity index (χ0v) is 13.0. The number of nitrogens with zero attached hydrogens (tertiary/aromatic N) is 2. The average Bonchev–Trinajstić information content (AvgIpc) is 3.18. The molecule has 1 heterocycles. The standard InChI is InChI=1S/C18H25N3/c1-3-12-21-17(10-11-20-21)18(19-4-2)16-13-15(16)14-8-6-5-7-9-14/h5-11,15-16,18-19H,3-4,12-13H2,1-2H3. The maximum atomic E-state index is 4.49. The van der Waals surface area contributed by atoms with Gasteiger partial charge in [0.25, 0.3) is 0 Å². The van der Waals surface area contributed by atoms with Crippen LogP contribution in [0.4, 0.5) is 0 Å². The number of aryl methyl sites for hydroxylation is 1. The van der Waals surface area contributed by atoms with Crippen LogP contribution in [-0.2, 0) is 6.54 Å². The quantitative estimate of drug-likeness (QED) is 0.838. The van der Waals surface area contributed by atoms with Crippen LogP contribution >= 0.6 is 0 Å². The lowest BCUT2D eigenvalue weighted by molar-refractivity contribution is 0.437. The molecule has 3 nitrogen and oxygen atoms in total. The minimum absolute atomic E-state index is 0.425. The van der Waals surface area contributed by atoms with E-state index in [9.17, 15) is 0 Å². The van der Waals surface area contributed by atoms with Crippen LogP contribution in [0, 0.1) is 5.92 Å². The number of aromatic nitrogens is 2. The van der Waals surface area contributed by atoms with Crippen LogP contribution in [0.3, 0.4) is 0 Å². The van der Waals surface area contributed by atoms with Gasteiger partial charge in [0.15, 0.2) is 0 Å². The van der Waals surface area contributed by atoms with E-state index in [0.29, 0.717) is 17.9 Å². The first kappa shape index (κ1) is 14.3. The third-order valence-corrected chi connectivity index (χ3v) is 4.42. The summed E-state index contributed by atoms with van der Waals surface area (Å²) in [4.78, 5) is 0. The molecule has 1 saturated carbocycles. The predicted molar refractivity (Wildman–Crippen MR) is 86.2 cm³/mol. The number of benzene rings is 1. The second kappa shape index (κ2) is 6.44. The molecular formula is C18H25N3. The summed E-state index contributed by atoms with van der Waals surface area (Å²) in [5.74, 6) is 1.39. The van der Waals surface area contributed by atoms with Crippen LogP contribution in [0.25, 0.3) is 0 Å². The number of rotatable bonds is 7. The van der Waals surface area contributed by atoms with Crippen molar-refractivity contribution in [1.82, 2.24) is 15.1 Å². The first-order valence-corrected chi connectivity index (χ1v) is 8.15. The molecule has 0 amide bonds. The van der Waals surface area contributed by atoms with E-state index in [4.69, 9.17) is 0 Å². The third kappa shape index (κ3) is 3.03. The number of hydrogen-bond acceptors (Lipinski definition) is 2. The van der Waals surface area contributed by atoms with E-state index in [1.54, 1.807) is 0 Å². The fourth-order valence-corrected chi connectivity index (χ4v) is 3.37. The molecular weight excluding hydrogens is 258 g/mol. The highest BCUT2D eigenvalue weighted by Gasteiger charge is 2.44. The van der Waals surface area contributed by atoms with Gasteiger partial charge >= 0.3 is 0 Å². The molecule has 0 aliphatic heterocycles. The van der Waals surface area contributed by atoms with E-state index in [0.717, 1.165) is 19.5 Å². The Hall–Kier alpha value is -1.61. The van der Waals surface area contributed by atoms with Gasteiger partial charge in [-0.05, 0) is 42.9 Å². The van der Waals surface area contributed by atoms with Crippen molar-refractivity contribution >= 4 is 0 Å². The van der Waals surface area contributed by atoms with Crippen LogP contribution in [0.1, 0.15) is 49.9 Å². The second-order valence-electron chi connectivity index (χ2n) is 5.93. The Kier molecular flexibility index (Phi) is 4.39. The first-order valence-electron chi connectivity index (χ1n) is 8.15. The van der Waals surface area contributed by atoms with Crippen molar-refractivity contribution in [3.05, 3.63) is 53.9 Å². The molecule has 3 rings (SSSR count). The smallest absolute Gasteiger partial charge is 0.0556 e. The van der Waals surface area contributed by atoms with Gasteiger partial charge in [0.2, 0.25) is 0 Å². The molecule has 3 heteroatoms. The molecule has 0 radical (unpaired) electrons. The van der Waals surface area contributed by atoms with E-state index < -0.39 is 0 Å². The molecule has 3 atom stereocenters. The molecule has 21 heavy (non-hydrogen) atoms. The molecule has 1 aromatic carbocycles. The monoisotopic (exact) mass is 283 g/mol. The molecule has 112 valence electrons. The van der Waals surface area contributed by atoms with Crippen molar-refractivity contribution in [3.63, 3.8) is 0 Å². The Morgan fingerprint density at radius 2 is 2.05 bits per heavy atom. The van der Waals surface area contributed by atoms with Gasteiger partial charge < -0.3 is 5.32 Å². The van der Waals surface area contributed by atoms with Crippen molar-refractivity contribution in [2.75, 3.05) is 6.54 Å². The van der Waals surface area contributed by atoms with E-state index in [1.807, 2.05) is 6.20 Å². The average molecular weight is 283 g/mol. The number of nitrogens with one attached hydrogen (secondary N) is 1. The topological polar surface area (TPSA) is 29.9 Å². The van der Waals surface area contributed by atoms with E-state index in [2.05, 4.69) is 65.3 Å². The van der Waals surface area contributed by atoms with Crippen molar-refractivity contribution in [2.24, 2.45) is 5.92 Å². The summed E-state index contributed by atoms with van der Waals surface area (Å²) in [6.07, 6.45) is 4.34. The summed E-state index contributed by atoms with van der Waals surface area (Å²) in [7, 11) is 0. The minimum atomic E-state index is 0.425. The molecule has 2 aromatic rings. The molecule has 0 bridgehead atoms. The first-order chi connectivity index (χ1) is 10.3. The molecule has 3 unspecified atom stereocenters. The van der Waals surface area contributed by atoms with Crippen molar-refractivity contribution in [3.8, 4) is 0 Å². The Balaban J connectivity index is 1.78. The zero-order chi connectivity index (χ0) is 14.7. The fourth-order valence-electron chi connectivity index (χ4n) is 3.37. The van der Waals surface area contributed by atoms with Crippen molar-refractivity contribution in [2.45, 2.75) is 45.2 Å². The Morgan fingerprint density at radius 3 is 2.76 bits per heavy atom. The van der Waals surface area contributed by atoms with Gasteiger partial charge in [0.05, 0.1) is 11.7 Å². The Labute approximate surface area is 127 Å². The van der Waals surface area contributed by atoms with Gasteiger partial charge in [-0.1, -0.05) is 44.2 Å². The Bertz CT molecular complexity index is 561. The molecule has 1 fully saturated rings. The van der Waals surface area contributed by atoms with Gasteiger partial charge in [0.1, 0.15) is 0 Å². The summed E-state index contributed by atoms with van der Waals surface area (Å²) in [6.45, 7) is 6.40. The van der Waals surface area contributed by atoms with Crippen molar-refractivity contribution < 1.29 is 0 Å². The highest BCUT2D eigenvalue weighted by Crippen LogP contribution is 2.53. The fraction of sp³-hybridized carbons (Fsp3) is 0.500. The largest absolute Gasteiger partial charge is 0.309 e. The van der Waals surface area contributed by atoms with Crippen LogP contribution in [0.5, 0.6) is 0 Å². The molecule has 1 N–H and O–H groups in total. The Morgan fingerprint density at radius 1 is 1.24 bits per heavy atom. The van der Waals surface area contributed by atoms with Crippen LogP contribution < -0.4 is 5.32 Å². The second-order valence-corrected chi connectivity index (χ2v) is 5.93. The van der Waals surface area contributed by atoms with Gasteiger partial charge in [-0.3, -0.25) is 4.68 Å². The van der Waals surface area contributed by atoms with Gasteiger partial charge in [-0.2, -0.15) is 5.10 Å². The lowest BCUT2D eigenvalue weighted by atomic mass is 10.0. The van der Waals surface area contributed by atoms with E-state index in [1.165, 1.54) is 17.7 Å². The number of hydrogen-bond donors (Lipinski definition) is 1. The predicted octanol–water partition coefficient (Wildman–Crippen LogP) is 3.75. The molecule has 0 spiro atoms. The lowest BCUT2D eigenvalue weighted by Gasteiger charge is -2.20. The lowest BCUT2D eigenvalue weighted by Crippen LogP contribution is -2.26. The van der Waals surface area contributed by atoms with Gasteiger partial charge in [0, 0.05) is 12.7 Å². The highest BCUT2D eigenvalue weighted by molar-refractivity contribution is 5.28. The van der Waals surface area contributed by atoms with Crippen LogP contribution in [0.2, 0.25) is 0 Å². The summed E-state index contributed by atoms with van der Waals surface area (Å²) in [5, 5.41) is 8.18. The summed E-state index contributed by atoms with van der Waals surface area (Å²) < 4.78 is 2.17. The SMILES string of the molecule is CCCn1nccc1C(NCC)C1CC1c1ccccc1. The molecule has 1 aliphatic carbocycles. The summed E-state index contributed by atoms with van der Waals surface area (Å²) in [6, 6.07) is 13.5. The normalized spacial score (nSPS) is 22.2. The van der Waals surface area contributed by atoms with Gasteiger partial charge in [-0.25, -0.2) is 0 Å². The zero-order valence-electron chi connectivity index (χ0n) is 13.0. The van der Waals surface area contributed by atoms with Gasteiger partial charge in [-0.15, -0.1) is 0 Å². The maximum Gasteiger partial charge on any atom is 0.0556 e. The van der Waals surface area contributed by atoms with Crippen LogP contribution in [0.15, 0.2) is 42.6 Å². The van der Waals surface area contributed by atoms with E-state index in [-0.39, 0.29) is 0 Å². The molecule has 0 saturated heterocycles. The molecule has 1 aliphatic rings. The maximum absolute atomic E-state index is 4.49. The highest BCUT2D eigenvalue weighted by atomic mass is 15.3. The third-order valence-electron chi connectivity index (χ3n) is 4.42. The summed E-state index contributed by atoms with van der Waals surface area (Å²) >= 11 is 0. The van der Waals surface area contributed by atoms with Crippen molar-refractivity contribution in [1.29, 1.82) is 0 Å². The summed E-state index contributed by atoms with van der Waals surface area (Å²) in [5.41, 5.74) is 2.83. The van der Waals surface area contributed by atoms with E-state index >= 15 is 0 Å². The minimum Gasteiger partial charge on any atom is -0.309 e.